The van der Waals surface area contributed by atoms with Crippen LogP contribution in [0.15, 0.2) is 5.38 Å². The lowest BCUT2D eigenvalue weighted by atomic mass is 10.1. The minimum Gasteiger partial charge on any atom is -0.121 e. The van der Waals surface area contributed by atoms with Crippen LogP contribution in [0.4, 0.5) is 0 Å². The minimum absolute atomic E-state index is 1.07. The fraction of sp³-hybridized carbons (Fsp3) is 0.727. The van der Waals surface area contributed by atoms with Crippen LogP contribution in [0, 0.1) is 3.14 Å². The van der Waals surface area contributed by atoms with Crippen molar-refractivity contribution in [3.63, 3.8) is 0 Å². The van der Waals surface area contributed by atoms with Gasteiger partial charge < -0.3 is 0 Å². The minimum atomic E-state index is 1.07. The molecule has 0 aliphatic heterocycles. The third-order valence-corrected chi connectivity index (χ3v) is 4.85. The zero-order chi connectivity index (χ0) is 10.2. The second-order valence-electron chi connectivity index (χ2n) is 3.57. The predicted octanol–water partition coefficient (Wildman–Crippen LogP) is 5.44. The summed E-state index contributed by atoms with van der Waals surface area (Å²) in [5.41, 5.74) is 0. The summed E-state index contributed by atoms with van der Waals surface area (Å²) in [5.74, 6) is 0. The van der Waals surface area contributed by atoms with Crippen molar-refractivity contribution in [3.8, 4) is 0 Å². The van der Waals surface area contributed by atoms with Gasteiger partial charge in [0.05, 0.1) is 0 Å². The number of hydrogen-bond donors (Lipinski definition) is 0. The van der Waals surface area contributed by atoms with Gasteiger partial charge in [0.25, 0.3) is 0 Å². The van der Waals surface area contributed by atoms with E-state index in [1.807, 2.05) is 0 Å². The van der Waals surface area contributed by atoms with Crippen LogP contribution in [0.25, 0.3) is 0 Å². The summed E-state index contributed by atoms with van der Waals surface area (Å²) in [6.07, 6.45) is 9.52. The first-order valence-corrected chi connectivity index (χ1v) is 7.51. The molecule has 3 heteroatoms. The standard InChI is InChI=1S/C11H18S3/c1-2-3-4-5-6-7-8-10-9-13-11(12)14-10/h9H,2-8H2,1H3. The van der Waals surface area contributed by atoms with Gasteiger partial charge in [-0.2, -0.15) is 0 Å². The van der Waals surface area contributed by atoms with Crippen LogP contribution in [0.2, 0.25) is 0 Å². The fourth-order valence-corrected chi connectivity index (χ4v) is 3.72. The molecule has 0 nitrogen and oxygen atoms in total. The quantitative estimate of drug-likeness (QED) is 0.456. The van der Waals surface area contributed by atoms with E-state index in [1.165, 1.54) is 49.8 Å². The first-order chi connectivity index (χ1) is 6.83. The molecule has 0 spiro atoms. The van der Waals surface area contributed by atoms with Gasteiger partial charge in [-0.15, -0.1) is 22.7 Å². The zero-order valence-electron chi connectivity index (χ0n) is 8.75. The van der Waals surface area contributed by atoms with Gasteiger partial charge in [-0.05, 0) is 12.8 Å². The summed E-state index contributed by atoms with van der Waals surface area (Å²) in [7, 11) is 0. The van der Waals surface area contributed by atoms with Gasteiger partial charge >= 0.3 is 0 Å². The van der Waals surface area contributed by atoms with E-state index in [4.69, 9.17) is 12.2 Å². The van der Waals surface area contributed by atoms with Crippen LogP contribution in [-0.4, -0.2) is 0 Å². The van der Waals surface area contributed by atoms with Crippen molar-refractivity contribution in [2.45, 2.75) is 51.9 Å². The molecule has 0 bridgehead atoms. The Morgan fingerprint density at radius 2 is 1.86 bits per heavy atom. The van der Waals surface area contributed by atoms with E-state index < -0.39 is 0 Å². The molecule has 80 valence electrons. The van der Waals surface area contributed by atoms with Crippen LogP contribution in [0.5, 0.6) is 0 Å². The zero-order valence-corrected chi connectivity index (χ0v) is 11.2. The molecule has 0 saturated carbocycles. The van der Waals surface area contributed by atoms with Crippen molar-refractivity contribution in [1.29, 1.82) is 0 Å². The molecule has 0 aromatic carbocycles. The monoisotopic (exact) mass is 246 g/mol. The Morgan fingerprint density at radius 1 is 1.14 bits per heavy atom. The Balaban J connectivity index is 2.02. The molecule has 1 aromatic heterocycles. The molecular formula is C11H18S3. The SMILES string of the molecule is CCCCCCCCc1csc(=S)s1. The van der Waals surface area contributed by atoms with Gasteiger partial charge in [0.15, 0.2) is 0 Å². The third kappa shape index (κ3) is 5.23. The molecule has 0 aliphatic rings. The van der Waals surface area contributed by atoms with E-state index in [0.29, 0.717) is 0 Å². The maximum Gasteiger partial charge on any atom is 0.143 e. The number of hydrogen-bond acceptors (Lipinski definition) is 3. The highest BCUT2D eigenvalue weighted by atomic mass is 32.2. The molecule has 0 fully saturated rings. The van der Waals surface area contributed by atoms with Gasteiger partial charge in [-0.25, -0.2) is 0 Å². The summed E-state index contributed by atoms with van der Waals surface area (Å²) in [6.45, 7) is 2.26. The number of aryl methyl sites for hydroxylation is 1. The van der Waals surface area contributed by atoms with Crippen molar-refractivity contribution < 1.29 is 0 Å². The molecule has 0 atom stereocenters. The predicted molar refractivity (Wildman–Crippen MR) is 70.1 cm³/mol. The second kappa shape index (κ2) is 7.55. The topological polar surface area (TPSA) is 0 Å². The molecule has 1 rings (SSSR count). The van der Waals surface area contributed by atoms with E-state index in [9.17, 15) is 0 Å². The Kier molecular flexibility index (Phi) is 6.65. The van der Waals surface area contributed by atoms with Crippen LogP contribution < -0.4 is 0 Å². The molecule has 0 unspecified atom stereocenters. The molecule has 14 heavy (non-hydrogen) atoms. The molecule has 0 N–H and O–H groups in total. The van der Waals surface area contributed by atoms with Gasteiger partial charge in [0.1, 0.15) is 3.14 Å². The summed E-state index contributed by atoms with van der Waals surface area (Å²) >= 11 is 8.61. The Hall–Kier alpha value is 0.270. The molecule has 1 aromatic rings. The average Bonchev–Trinajstić information content (AvgIpc) is 2.58. The summed E-state index contributed by atoms with van der Waals surface area (Å²) < 4.78 is 1.07. The van der Waals surface area contributed by atoms with Crippen molar-refractivity contribution in [2.75, 3.05) is 0 Å². The average molecular weight is 246 g/mol. The first-order valence-electron chi connectivity index (χ1n) is 5.40. The number of rotatable bonds is 7. The van der Waals surface area contributed by atoms with Gasteiger partial charge in [0.2, 0.25) is 0 Å². The molecule has 0 saturated heterocycles. The first kappa shape index (κ1) is 12.3. The van der Waals surface area contributed by atoms with E-state index in [1.54, 1.807) is 22.7 Å². The Bertz CT molecular complexity index is 285. The largest absolute Gasteiger partial charge is 0.143 e. The van der Waals surface area contributed by atoms with Crippen molar-refractivity contribution in [1.82, 2.24) is 0 Å². The van der Waals surface area contributed by atoms with Gasteiger partial charge in [-0.1, -0.05) is 51.2 Å². The molecule has 0 radical (unpaired) electrons. The number of unbranched alkanes of at least 4 members (excludes halogenated alkanes) is 5. The van der Waals surface area contributed by atoms with Crippen molar-refractivity contribution >= 4 is 34.9 Å². The van der Waals surface area contributed by atoms with Crippen LogP contribution in [0.1, 0.15) is 50.3 Å². The lowest BCUT2D eigenvalue weighted by Gasteiger charge is -1.98. The maximum absolute atomic E-state index is 5.11. The Morgan fingerprint density at radius 3 is 2.50 bits per heavy atom. The second-order valence-corrected chi connectivity index (χ2v) is 6.77. The van der Waals surface area contributed by atoms with Crippen molar-refractivity contribution in [3.05, 3.63) is 13.4 Å². The Labute approximate surface area is 100 Å². The highest BCUT2D eigenvalue weighted by Crippen LogP contribution is 2.19. The van der Waals surface area contributed by atoms with E-state index in [-0.39, 0.29) is 0 Å². The molecule has 0 amide bonds. The van der Waals surface area contributed by atoms with Gasteiger partial charge in [0, 0.05) is 10.3 Å². The van der Waals surface area contributed by atoms with E-state index in [0.717, 1.165) is 3.14 Å². The van der Waals surface area contributed by atoms with E-state index in [2.05, 4.69) is 12.3 Å². The van der Waals surface area contributed by atoms with Crippen molar-refractivity contribution in [2.24, 2.45) is 0 Å². The molecule has 0 aliphatic carbocycles. The van der Waals surface area contributed by atoms with Gasteiger partial charge in [-0.3, -0.25) is 0 Å². The lowest BCUT2D eigenvalue weighted by Crippen LogP contribution is -1.82. The lowest BCUT2D eigenvalue weighted by molar-refractivity contribution is 0.609. The van der Waals surface area contributed by atoms with Crippen LogP contribution >= 0.6 is 34.9 Å². The van der Waals surface area contributed by atoms with Crippen LogP contribution in [0.3, 0.4) is 0 Å². The normalized spacial score (nSPS) is 10.6. The molecule has 1 heterocycles. The summed E-state index contributed by atoms with van der Waals surface area (Å²) in [6, 6.07) is 0. The summed E-state index contributed by atoms with van der Waals surface area (Å²) in [4.78, 5) is 1.48. The summed E-state index contributed by atoms with van der Waals surface area (Å²) in [5, 5.41) is 2.22. The third-order valence-electron chi connectivity index (χ3n) is 2.28. The smallest absolute Gasteiger partial charge is 0.121 e. The van der Waals surface area contributed by atoms with Crippen LogP contribution in [-0.2, 0) is 6.42 Å². The van der Waals surface area contributed by atoms with E-state index >= 15 is 0 Å². The fourth-order valence-electron chi connectivity index (χ4n) is 1.46. The maximum atomic E-state index is 5.11. The highest BCUT2D eigenvalue weighted by molar-refractivity contribution is 7.76. The highest BCUT2D eigenvalue weighted by Gasteiger charge is 1.96. The molecular weight excluding hydrogens is 228 g/mol.